The largest absolute Gasteiger partial charge is 0.497 e. The van der Waals surface area contributed by atoms with Gasteiger partial charge in [-0.25, -0.2) is 0 Å². The quantitative estimate of drug-likeness (QED) is 0.673. The summed E-state index contributed by atoms with van der Waals surface area (Å²) in [7, 11) is 1.60. The van der Waals surface area contributed by atoms with Crippen LogP contribution in [0.4, 0.5) is 5.69 Å². The molecule has 3 rings (SSSR count). The number of benzene rings is 2. The monoisotopic (exact) mass is 407 g/mol. The number of hydrogen-bond donors (Lipinski definition) is 0. The summed E-state index contributed by atoms with van der Waals surface area (Å²) in [6.45, 7) is 11.5. The minimum Gasteiger partial charge on any atom is -0.497 e. The molecule has 1 aliphatic heterocycles. The summed E-state index contributed by atoms with van der Waals surface area (Å²) in [5.74, 6) is -0.236. The van der Waals surface area contributed by atoms with Gasteiger partial charge in [-0.05, 0) is 63.1 Å². The highest BCUT2D eigenvalue weighted by Crippen LogP contribution is 2.40. The molecule has 3 atom stereocenters. The fourth-order valence-electron chi connectivity index (χ4n) is 3.59. The highest BCUT2D eigenvalue weighted by Gasteiger charge is 2.50. The second kappa shape index (κ2) is 8.34. The second-order valence-electron chi connectivity index (χ2n) is 8.65. The maximum Gasteiger partial charge on any atom is 0.311 e. The third-order valence-corrected chi connectivity index (χ3v) is 5.42. The molecule has 0 saturated carbocycles. The molecule has 5 nitrogen and oxygen atoms in total. The summed E-state index contributed by atoms with van der Waals surface area (Å²) >= 11 is 0. The molecule has 0 radical (unpaired) electrons. The number of ether oxygens (including phenoxy) is 2. The first-order valence-corrected chi connectivity index (χ1v) is 10.1. The zero-order valence-electron chi connectivity index (χ0n) is 18.2. The molecule has 158 valence electrons. The van der Waals surface area contributed by atoms with Gasteiger partial charge in [-0.3, -0.25) is 9.59 Å². The SMILES string of the molecule is C=C(c1ccccc1)[C@@H]1[C@@H](OC(=O)C(C)(C)C)[C@H](C)C(=O)N1c1ccc(OC)cc1. The average molecular weight is 408 g/mol. The van der Waals surface area contributed by atoms with Gasteiger partial charge in [-0.1, -0.05) is 36.9 Å². The highest BCUT2D eigenvalue weighted by atomic mass is 16.5. The van der Waals surface area contributed by atoms with Crippen molar-refractivity contribution >= 4 is 23.1 Å². The van der Waals surface area contributed by atoms with Gasteiger partial charge in [0, 0.05) is 5.69 Å². The number of hydrogen-bond acceptors (Lipinski definition) is 4. The van der Waals surface area contributed by atoms with Crippen LogP contribution in [0.15, 0.2) is 61.2 Å². The van der Waals surface area contributed by atoms with Crippen LogP contribution >= 0.6 is 0 Å². The molecule has 30 heavy (non-hydrogen) atoms. The van der Waals surface area contributed by atoms with Gasteiger partial charge < -0.3 is 14.4 Å². The first kappa shape index (κ1) is 21.6. The summed E-state index contributed by atoms with van der Waals surface area (Å²) in [6.07, 6.45) is -0.640. The van der Waals surface area contributed by atoms with E-state index in [4.69, 9.17) is 9.47 Å². The Morgan fingerprint density at radius 3 is 2.17 bits per heavy atom. The van der Waals surface area contributed by atoms with Crippen LogP contribution < -0.4 is 9.64 Å². The van der Waals surface area contributed by atoms with Crippen LogP contribution in [0.3, 0.4) is 0 Å². The molecule has 0 unspecified atom stereocenters. The van der Waals surface area contributed by atoms with E-state index in [1.165, 1.54) is 0 Å². The van der Waals surface area contributed by atoms with Crippen molar-refractivity contribution in [2.75, 3.05) is 12.0 Å². The van der Waals surface area contributed by atoms with E-state index in [9.17, 15) is 9.59 Å². The molecule has 0 spiro atoms. The Hall–Kier alpha value is -3.08. The van der Waals surface area contributed by atoms with Crippen LogP contribution in [0.25, 0.3) is 5.57 Å². The van der Waals surface area contributed by atoms with Gasteiger partial charge >= 0.3 is 5.97 Å². The van der Waals surface area contributed by atoms with E-state index in [1.807, 2.05) is 54.6 Å². The van der Waals surface area contributed by atoms with Crippen LogP contribution in [-0.2, 0) is 14.3 Å². The lowest BCUT2D eigenvalue weighted by atomic mass is 9.92. The molecule has 0 bridgehead atoms. The average Bonchev–Trinajstić information content (AvgIpc) is 2.98. The lowest BCUT2D eigenvalue weighted by molar-refractivity contribution is -0.160. The zero-order valence-corrected chi connectivity index (χ0v) is 18.2. The smallest absolute Gasteiger partial charge is 0.311 e. The van der Waals surface area contributed by atoms with E-state index in [0.717, 1.165) is 11.1 Å². The standard InChI is InChI=1S/C25H29NO4/c1-16(18-10-8-7-9-11-18)21-22(30-24(28)25(3,4)5)17(2)23(27)26(21)19-12-14-20(29-6)15-13-19/h7-15,17,21-22H,1H2,2-6H3/t17-,21+,22-/m0/s1. The molecule has 0 N–H and O–H groups in total. The van der Waals surface area contributed by atoms with Crippen molar-refractivity contribution in [1.29, 1.82) is 0 Å². The van der Waals surface area contributed by atoms with E-state index in [2.05, 4.69) is 6.58 Å². The van der Waals surface area contributed by atoms with Crippen molar-refractivity contribution in [3.05, 3.63) is 66.7 Å². The molecule has 2 aromatic rings. The van der Waals surface area contributed by atoms with Crippen LogP contribution in [0.2, 0.25) is 0 Å². The van der Waals surface area contributed by atoms with Crippen LogP contribution in [0.5, 0.6) is 5.75 Å². The molecular weight excluding hydrogens is 378 g/mol. The Labute approximate surface area is 178 Å². The molecule has 0 aliphatic carbocycles. The van der Waals surface area contributed by atoms with Crippen molar-refractivity contribution in [2.24, 2.45) is 11.3 Å². The van der Waals surface area contributed by atoms with Gasteiger partial charge in [-0.2, -0.15) is 0 Å². The molecule has 2 aromatic carbocycles. The second-order valence-corrected chi connectivity index (χ2v) is 8.65. The van der Waals surface area contributed by atoms with Crippen molar-refractivity contribution < 1.29 is 19.1 Å². The maximum atomic E-state index is 13.3. The molecule has 1 fully saturated rings. The summed E-state index contributed by atoms with van der Waals surface area (Å²) in [5.41, 5.74) is 1.68. The summed E-state index contributed by atoms with van der Waals surface area (Å²) in [5, 5.41) is 0. The lowest BCUT2D eigenvalue weighted by Crippen LogP contribution is -2.41. The Morgan fingerprint density at radius 1 is 1.03 bits per heavy atom. The number of rotatable bonds is 5. The Bertz CT molecular complexity index is 928. The number of nitrogens with zero attached hydrogens (tertiary/aromatic N) is 1. The number of carbonyl (C=O) groups excluding carboxylic acids is 2. The van der Waals surface area contributed by atoms with E-state index in [1.54, 1.807) is 39.7 Å². The van der Waals surface area contributed by atoms with Crippen molar-refractivity contribution in [3.63, 3.8) is 0 Å². The Balaban J connectivity index is 2.05. The number of carbonyl (C=O) groups is 2. The normalized spacial score (nSPS) is 21.4. The molecule has 1 saturated heterocycles. The maximum absolute atomic E-state index is 13.3. The van der Waals surface area contributed by atoms with Crippen molar-refractivity contribution in [2.45, 2.75) is 39.8 Å². The molecule has 1 heterocycles. The van der Waals surface area contributed by atoms with Gasteiger partial charge in [-0.15, -0.1) is 0 Å². The fourth-order valence-corrected chi connectivity index (χ4v) is 3.59. The molecular formula is C25H29NO4. The Morgan fingerprint density at radius 2 is 1.63 bits per heavy atom. The minimum absolute atomic E-state index is 0.103. The third kappa shape index (κ3) is 4.11. The highest BCUT2D eigenvalue weighted by molar-refractivity contribution is 6.02. The van der Waals surface area contributed by atoms with Gasteiger partial charge in [0.15, 0.2) is 0 Å². The first-order valence-electron chi connectivity index (χ1n) is 10.1. The van der Waals surface area contributed by atoms with Crippen LogP contribution in [0.1, 0.15) is 33.3 Å². The van der Waals surface area contributed by atoms with Crippen LogP contribution in [0, 0.1) is 11.3 Å². The molecule has 5 heteroatoms. The van der Waals surface area contributed by atoms with Crippen LogP contribution in [-0.4, -0.2) is 31.1 Å². The van der Waals surface area contributed by atoms with Crippen molar-refractivity contribution in [3.8, 4) is 5.75 Å². The van der Waals surface area contributed by atoms with E-state index >= 15 is 0 Å². The Kier molecular flexibility index (Phi) is 6.01. The topological polar surface area (TPSA) is 55.8 Å². The fraction of sp³-hybridized carbons (Fsp3) is 0.360. The minimum atomic E-state index is -0.672. The third-order valence-electron chi connectivity index (χ3n) is 5.42. The van der Waals surface area contributed by atoms with Gasteiger partial charge in [0.05, 0.1) is 24.5 Å². The molecule has 1 aliphatic rings. The summed E-state index contributed by atoms with van der Waals surface area (Å²) in [6, 6.07) is 16.5. The van der Waals surface area contributed by atoms with Crippen molar-refractivity contribution in [1.82, 2.24) is 0 Å². The number of amides is 1. The number of esters is 1. The number of methoxy groups -OCH3 is 1. The van der Waals surface area contributed by atoms with Gasteiger partial charge in [0.2, 0.25) is 5.91 Å². The summed E-state index contributed by atoms with van der Waals surface area (Å²) in [4.78, 5) is 27.7. The first-order chi connectivity index (χ1) is 14.1. The van der Waals surface area contributed by atoms with E-state index in [0.29, 0.717) is 11.4 Å². The molecule has 1 amide bonds. The predicted octanol–water partition coefficient (Wildman–Crippen LogP) is 4.72. The lowest BCUT2D eigenvalue weighted by Gasteiger charge is -2.31. The van der Waals surface area contributed by atoms with Gasteiger partial charge in [0.1, 0.15) is 11.9 Å². The van der Waals surface area contributed by atoms with Gasteiger partial charge in [0.25, 0.3) is 0 Å². The number of anilines is 1. The predicted molar refractivity (Wildman–Crippen MR) is 118 cm³/mol. The summed E-state index contributed by atoms with van der Waals surface area (Å²) < 4.78 is 11.2. The molecule has 0 aromatic heterocycles. The van der Waals surface area contributed by atoms with E-state index < -0.39 is 23.5 Å². The van der Waals surface area contributed by atoms with E-state index in [-0.39, 0.29) is 11.9 Å². The zero-order chi connectivity index (χ0) is 22.1.